The van der Waals surface area contributed by atoms with Crippen LogP contribution in [0.4, 0.5) is 0 Å². The molecule has 0 radical (unpaired) electrons. The fraction of sp³-hybridized carbons (Fsp3) is 0.357. The van der Waals surface area contributed by atoms with Crippen molar-refractivity contribution in [1.82, 2.24) is 4.90 Å². The predicted molar refractivity (Wildman–Crippen MR) is 65.0 cm³/mol. The minimum atomic E-state index is -0.827. The Morgan fingerprint density at radius 3 is 2.35 bits per heavy atom. The van der Waals surface area contributed by atoms with Crippen molar-refractivity contribution in [3.8, 4) is 0 Å². The molecule has 1 aromatic rings. The number of carbonyl (C=O) groups excluding carboxylic acids is 3. The van der Waals surface area contributed by atoms with E-state index in [1.54, 1.807) is 24.3 Å². The summed E-state index contributed by atoms with van der Waals surface area (Å²) in [4.78, 5) is 37.7. The second-order valence-corrected chi connectivity index (χ2v) is 5.10. The normalized spacial score (nSPS) is 31.9. The van der Waals surface area contributed by atoms with Crippen LogP contribution in [0.25, 0.3) is 0 Å². The first-order valence-electron chi connectivity index (χ1n) is 6.43. The zero-order chi connectivity index (χ0) is 13.9. The van der Waals surface area contributed by atoms with Crippen LogP contribution >= 0.6 is 0 Å². The highest BCUT2D eigenvalue weighted by molar-refractivity contribution is 6.21. The second kappa shape index (κ2) is 3.97. The number of fused-ring (bicyclic) bond motifs is 3. The number of ether oxygens (including phenoxy) is 2. The van der Waals surface area contributed by atoms with Gasteiger partial charge in [0.25, 0.3) is 11.8 Å². The Morgan fingerprint density at radius 1 is 1.05 bits per heavy atom. The molecule has 6 nitrogen and oxygen atoms in total. The van der Waals surface area contributed by atoms with Gasteiger partial charge in [-0.1, -0.05) is 12.1 Å². The molecule has 3 aliphatic rings. The van der Waals surface area contributed by atoms with E-state index in [4.69, 9.17) is 9.47 Å². The van der Waals surface area contributed by atoms with Crippen LogP contribution in [0.2, 0.25) is 0 Å². The van der Waals surface area contributed by atoms with E-state index < -0.39 is 18.4 Å². The SMILES string of the molecule is O=C1C[C@H](N2C(=O)c3ccccc3C2=O)C2CO[C@@H]1O2. The van der Waals surface area contributed by atoms with Crippen molar-refractivity contribution < 1.29 is 23.9 Å². The zero-order valence-electron chi connectivity index (χ0n) is 10.4. The monoisotopic (exact) mass is 273 g/mol. The molecule has 3 aliphatic heterocycles. The maximum Gasteiger partial charge on any atom is 0.261 e. The third-order valence-electron chi connectivity index (χ3n) is 3.97. The molecule has 2 fully saturated rings. The number of hydrogen-bond acceptors (Lipinski definition) is 5. The fourth-order valence-corrected chi connectivity index (χ4v) is 2.99. The van der Waals surface area contributed by atoms with Gasteiger partial charge >= 0.3 is 0 Å². The highest BCUT2D eigenvalue weighted by Gasteiger charge is 2.50. The minimum absolute atomic E-state index is 0.0980. The summed E-state index contributed by atoms with van der Waals surface area (Å²) in [5.74, 6) is -0.949. The second-order valence-electron chi connectivity index (χ2n) is 5.10. The van der Waals surface area contributed by atoms with Crippen LogP contribution in [0.5, 0.6) is 0 Å². The molecule has 3 heterocycles. The molecular formula is C14H11NO5. The Balaban J connectivity index is 1.72. The van der Waals surface area contributed by atoms with E-state index in [0.29, 0.717) is 11.1 Å². The molecule has 0 spiro atoms. The fourth-order valence-electron chi connectivity index (χ4n) is 2.99. The van der Waals surface area contributed by atoms with Crippen molar-refractivity contribution in [3.05, 3.63) is 35.4 Å². The van der Waals surface area contributed by atoms with Gasteiger partial charge < -0.3 is 9.47 Å². The summed E-state index contributed by atoms with van der Waals surface area (Å²) < 4.78 is 10.6. The van der Waals surface area contributed by atoms with E-state index in [2.05, 4.69) is 0 Å². The van der Waals surface area contributed by atoms with Crippen LogP contribution < -0.4 is 0 Å². The Morgan fingerprint density at radius 2 is 1.70 bits per heavy atom. The summed E-state index contributed by atoms with van der Waals surface area (Å²) in [6.07, 6.45) is -1.15. The number of imide groups is 1. The van der Waals surface area contributed by atoms with Gasteiger partial charge in [0.2, 0.25) is 6.29 Å². The molecule has 1 aromatic carbocycles. The number of benzene rings is 1. The predicted octanol–water partition coefficient (Wildman–Crippen LogP) is 0.366. The minimum Gasteiger partial charge on any atom is -0.343 e. The van der Waals surface area contributed by atoms with Crippen molar-refractivity contribution in [2.45, 2.75) is 24.9 Å². The summed E-state index contributed by atoms with van der Waals surface area (Å²) in [5.41, 5.74) is 0.761. The molecule has 2 bridgehead atoms. The van der Waals surface area contributed by atoms with E-state index in [1.807, 2.05) is 0 Å². The van der Waals surface area contributed by atoms with Crippen molar-refractivity contribution in [2.24, 2.45) is 0 Å². The van der Waals surface area contributed by atoms with Gasteiger partial charge in [0, 0.05) is 6.42 Å². The smallest absolute Gasteiger partial charge is 0.261 e. The number of hydrogen-bond donors (Lipinski definition) is 0. The van der Waals surface area contributed by atoms with Gasteiger partial charge in [-0.15, -0.1) is 0 Å². The highest BCUT2D eigenvalue weighted by atomic mass is 16.7. The summed E-state index contributed by atoms with van der Waals surface area (Å²) in [6, 6.07) is 6.09. The maximum atomic E-state index is 12.4. The van der Waals surface area contributed by atoms with Crippen LogP contribution in [0.15, 0.2) is 24.3 Å². The number of rotatable bonds is 1. The summed E-state index contributed by atoms with van der Waals surface area (Å²) in [6.45, 7) is 0.231. The number of ketones is 1. The lowest BCUT2D eigenvalue weighted by atomic mass is 10.0. The first kappa shape index (κ1) is 11.7. The largest absolute Gasteiger partial charge is 0.343 e. The first-order valence-corrected chi connectivity index (χ1v) is 6.43. The quantitative estimate of drug-likeness (QED) is 0.691. The molecule has 2 saturated heterocycles. The number of carbonyl (C=O) groups is 3. The van der Waals surface area contributed by atoms with Crippen molar-refractivity contribution in [3.63, 3.8) is 0 Å². The van der Waals surface area contributed by atoms with E-state index >= 15 is 0 Å². The molecule has 4 rings (SSSR count). The Labute approximate surface area is 114 Å². The lowest BCUT2D eigenvalue weighted by Crippen LogP contribution is -2.52. The third-order valence-corrected chi connectivity index (χ3v) is 3.97. The van der Waals surface area contributed by atoms with E-state index in [9.17, 15) is 14.4 Å². The van der Waals surface area contributed by atoms with Gasteiger partial charge in [-0.25, -0.2) is 0 Å². The van der Waals surface area contributed by atoms with Crippen LogP contribution in [0, 0.1) is 0 Å². The molecule has 6 heteroatoms. The zero-order valence-corrected chi connectivity index (χ0v) is 10.4. The molecule has 0 saturated carbocycles. The van der Waals surface area contributed by atoms with Gasteiger partial charge in [-0.05, 0) is 12.1 Å². The topological polar surface area (TPSA) is 72.9 Å². The Bertz CT molecular complexity index is 605. The van der Waals surface area contributed by atoms with Gasteiger partial charge in [0.15, 0.2) is 5.78 Å². The molecular weight excluding hydrogens is 262 g/mol. The standard InChI is InChI=1S/C14H11NO5/c16-10-5-9(11-6-19-14(10)20-11)15-12(17)7-3-1-2-4-8(7)13(15)18/h1-4,9,11,14H,5-6H2/t9-,11?,14+/m0/s1. The van der Waals surface area contributed by atoms with Crippen molar-refractivity contribution in [1.29, 1.82) is 0 Å². The Hall–Kier alpha value is -2.05. The van der Waals surface area contributed by atoms with Crippen LogP contribution in [-0.2, 0) is 14.3 Å². The van der Waals surface area contributed by atoms with E-state index in [0.717, 1.165) is 4.90 Å². The van der Waals surface area contributed by atoms with Gasteiger partial charge in [-0.2, -0.15) is 0 Å². The molecule has 1 unspecified atom stereocenters. The maximum absolute atomic E-state index is 12.4. The molecule has 3 atom stereocenters. The third kappa shape index (κ3) is 1.43. The first-order chi connectivity index (χ1) is 9.66. The molecule has 0 N–H and O–H groups in total. The van der Waals surface area contributed by atoms with E-state index in [1.165, 1.54) is 0 Å². The molecule has 2 amide bonds. The van der Waals surface area contributed by atoms with E-state index in [-0.39, 0.29) is 30.6 Å². The molecule has 20 heavy (non-hydrogen) atoms. The van der Waals surface area contributed by atoms with Crippen LogP contribution in [0.1, 0.15) is 27.1 Å². The van der Waals surface area contributed by atoms with Gasteiger partial charge in [0.1, 0.15) is 6.10 Å². The lowest BCUT2D eigenvalue weighted by molar-refractivity contribution is -0.156. The average Bonchev–Trinajstić information content (AvgIpc) is 2.99. The number of Topliss-reactive ketones (excluding diaryl/α,β-unsaturated/α-hetero) is 1. The summed E-state index contributed by atoms with van der Waals surface area (Å²) in [7, 11) is 0. The van der Waals surface area contributed by atoms with Gasteiger partial charge in [0.05, 0.1) is 23.8 Å². The lowest BCUT2D eigenvalue weighted by Gasteiger charge is -2.32. The van der Waals surface area contributed by atoms with Crippen LogP contribution in [-0.4, -0.2) is 47.5 Å². The van der Waals surface area contributed by atoms with Gasteiger partial charge in [-0.3, -0.25) is 19.3 Å². The Kier molecular flexibility index (Phi) is 2.33. The summed E-state index contributed by atoms with van der Waals surface area (Å²) in [5, 5.41) is 0. The summed E-state index contributed by atoms with van der Waals surface area (Å²) >= 11 is 0. The van der Waals surface area contributed by atoms with Crippen molar-refractivity contribution in [2.75, 3.05) is 6.61 Å². The molecule has 0 aliphatic carbocycles. The van der Waals surface area contributed by atoms with Crippen molar-refractivity contribution >= 4 is 17.6 Å². The molecule has 0 aromatic heterocycles. The number of amides is 2. The number of nitrogens with zero attached hydrogens (tertiary/aromatic N) is 1. The highest BCUT2D eigenvalue weighted by Crippen LogP contribution is 2.33. The average molecular weight is 273 g/mol. The molecule has 102 valence electrons. The van der Waals surface area contributed by atoms with Crippen LogP contribution in [0.3, 0.4) is 0 Å².